The first-order valence-corrected chi connectivity index (χ1v) is 10.1. The smallest absolute Gasteiger partial charge is 0.251 e. The van der Waals surface area contributed by atoms with Gasteiger partial charge in [-0.25, -0.2) is 8.42 Å². The third kappa shape index (κ3) is 5.12. The van der Waals surface area contributed by atoms with Crippen molar-refractivity contribution in [1.29, 1.82) is 0 Å². The Labute approximate surface area is 158 Å². The summed E-state index contributed by atoms with van der Waals surface area (Å²) in [5, 5.41) is 3.25. The number of hydrogen-bond donors (Lipinski definition) is 1. The van der Waals surface area contributed by atoms with Crippen LogP contribution in [0.4, 0.5) is 5.69 Å². The van der Waals surface area contributed by atoms with Crippen molar-refractivity contribution in [3.8, 4) is 5.75 Å². The highest BCUT2D eigenvalue weighted by atomic mass is 35.5. The van der Waals surface area contributed by atoms with Crippen LogP contribution in [0.15, 0.2) is 48.5 Å². The number of sulfonamides is 1. The van der Waals surface area contributed by atoms with E-state index in [1.807, 2.05) is 12.1 Å². The third-order valence-electron chi connectivity index (χ3n) is 3.76. The lowest BCUT2D eigenvalue weighted by atomic mass is 10.2. The molecule has 8 heteroatoms. The van der Waals surface area contributed by atoms with E-state index in [0.29, 0.717) is 28.6 Å². The van der Waals surface area contributed by atoms with Gasteiger partial charge in [0.15, 0.2) is 0 Å². The molecule has 0 aliphatic heterocycles. The molecule has 1 N–H and O–H groups in total. The summed E-state index contributed by atoms with van der Waals surface area (Å²) in [7, 11) is -1.84. The molecule has 0 saturated heterocycles. The van der Waals surface area contributed by atoms with Crippen molar-refractivity contribution in [1.82, 2.24) is 5.32 Å². The van der Waals surface area contributed by atoms with Gasteiger partial charge in [-0.2, -0.15) is 0 Å². The lowest BCUT2D eigenvalue weighted by Crippen LogP contribution is -2.29. The van der Waals surface area contributed by atoms with E-state index in [2.05, 4.69) is 5.32 Å². The Balaban J connectivity index is 1.87. The number of nitrogens with one attached hydrogen (secondary N) is 1. The highest BCUT2D eigenvalue weighted by Crippen LogP contribution is 2.22. The summed E-state index contributed by atoms with van der Waals surface area (Å²) >= 11 is 5.99. The Hall–Kier alpha value is -2.25. The molecule has 26 heavy (non-hydrogen) atoms. The number of nitrogens with zero attached hydrogens (tertiary/aromatic N) is 1. The maximum atomic E-state index is 12.1. The van der Waals surface area contributed by atoms with Crippen molar-refractivity contribution in [3.63, 3.8) is 0 Å². The Morgan fingerprint density at radius 2 is 1.81 bits per heavy atom. The lowest BCUT2D eigenvalue weighted by molar-refractivity contribution is 0.0947. The molecule has 0 unspecified atom stereocenters. The molecule has 0 heterocycles. The standard InChI is InChI=1S/C18H21ClN2O4S/c1-3-26(23,24)21(2)15-10-8-14(9-11-15)18(22)20-12-13-25-17-7-5-4-6-16(17)19/h4-11H,3,12-13H2,1-2H3,(H,20,22). The molecule has 0 aliphatic carbocycles. The number of carbonyl (C=O) groups excluding carboxylic acids is 1. The molecule has 6 nitrogen and oxygen atoms in total. The van der Waals surface area contributed by atoms with Crippen LogP contribution >= 0.6 is 11.6 Å². The van der Waals surface area contributed by atoms with Crippen molar-refractivity contribution < 1.29 is 17.9 Å². The van der Waals surface area contributed by atoms with Crippen LogP contribution in [0.2, 0.25) is 5.02 Å². The van der Waals surface area contributed by atoms with E-state index < -0.39 is 10.0 Å². The van der Waals surface area contributed by atoms with Crippen molar-refractivity contribution in [2.75, 3.05) is 30.3 Å². The summed E-state index contributed by atoms with van der Waals surface area (Å²) in [5.74, 6) is 0.310. The van der Waals surface area contributed by atoms with E-state index in [1.165, 1.54) is 11.4 Å². The number of benzene rings is 2. The number of amides is 1. The van der Waals surface area contributed by atoms with Crippen LogP contribution in [0.25, 0.3) is 0 Å². The Bertz CT molecular complexity index is 854. The largest absolute Gasteiger partial charge is 0.490 e. The molecule has 0 fully saturated rings. The molecule has 2 rings (SSSR count). The van der Waals surface area contributed by atoms with Gasteiger partial charge in [0.05, 0.1) is 23.0 Å². The Morgan fingerprint density at radius 3 is 2.42 bits per heavy atom. The molecule has 2 aromatic carbocycles. The average molecular weight is 397 g/mol. The molecule has 0 aromatic heterocycles. The number of ether oxygens (including phenoxy) is 1. The summed E-state index contributed by atoms with van der Waals surface area (Å²) < 4.78 is 30.4. The second kappa shape index (κ2) is 8.91. The van der Waals surface area contributed by atoms with E-state index in [9.17, 15) is 13.2 Å². The summed E-state index contributed by atoms with van der Waals surface area (Å²) in [6.45, 7) is 2.18. The second-order valence-corrected chi connectivity index (χ2v) is 8.15. The predicted octanol–water partition coefficient (Wildman–Crippen LogP) is 2.93. The minimum Gasteiger partial charge on any atom is -0.490 e. The minimum absolute atomic E-state index is 0.0111. The average Bonchev–Trinajstić information content (AvgIpc) is 2.65. The highest BCUT2D eigenvalue weighted by molar-refractivity contribution is 7.92. The number of para-hydroxylation sites is 1. The molecule has 140 valence electrons. The first-order valence-electron chi connectivity index (χ1n) is 8.07. The van der Waals surface area contributed by atoms with Crippen molar-refractivity contribution >= 4 is 33.2 Å². The summed E-state index contributed by atoms with van der Waals surface area (Å²) in [6, 6.07) is 13.5. The molecule has 2 aromatic rings. The zero-order chi connectivity index (χ0) is 19.2. The van der Waals surface area contributed by atoms with E-state index in [4.69, 9.17) is 16.3 Å². The lowest BCUT2D eigenvalue weighted by Gasteiger charge is -2.18. The van der Waals surface area contributed by atoms with Gasteiger partial charge in [-0.1, -0.05) is 23.7 Å². The van der Waals surface area contributed by atoms with Gasteiger partial charge < -0.3 is 10.1 Å². The number of hydrogen-bond acceptors (Lipinski definition) is 4. The van der Waals surface area contributed by atoms with Crippen molar-refractivity contribution in [2.24, 2.45) is 0 Å². The van der Waals surface area contributed by atoms with Crippen LogP contribution in [0.1, 0.15) is 17.3 Å². The number of rotatable bonds is 8. The third-order valence-corrected chi connectivity index (χ3v) is 5.84. The maximum absolute atomic E-state index is 12.1. The van der Waals surface area contributed by atoms with Gasteiger partial charge in [0.25, 0.3) is 5.91 Å². The highest BCUT2D eigenvalue weighted by Gasteiger charge is 2.16. The fourth-order valence-corrected chi connectivity index (χ4v) is 3.19. The number of carbonyl (C=O) groups is 1. The fraction of sp³-hybridized carbons (Fsp3) is 0.278. The normalized spacial score (nSPS) is 11.0. The van der Waals surface area contributed by atoms with Gasteiger partial charge in [0.1, 0.15) is 12.4 Å². The van der Waals surface area contributed by atoms with Crippen LogP contribution in [0.3, 0.4) is 0 Å². The van der Waals surface area contributed by atoms with Gasteiger partial charge >= 0.3 is 0 Å². The molecule has 0 saturated carbocycles. The summed E-state index contributed by atoms with van der Waals surface area (Å²) in [4.78, 5) is 12.1. The summed E-state index contributed by atoms with van der Waals surface area (Å²) in [6.07, 6.45) is 0. The molecule has 1 amide bonds. The van der Waals surface area contributed by atoms with E-state index in [-0.39, 0.29) is 18.3 Å². The van der Waals surface area contributed by atoms with Crippen LogP contribution in [-0.2, 0) is 10.0 Å². The molecule has 0 bridgehead atoms. The fourth-order valence-electron chi connectivity index (χ4n) is 2.17. The zero-order valence-corrected chi connectivity index (χ0v) is 16.2. The number of anilines is 1. The molecule has 0 spiro atoms. The predicted molar refractivity (Wildman–Crippen MR) is 104 cm³/mol. The first-order chi connectivity index (χ1) is 12.3. The van der Waals surface area contributed by atoms with Crippen LogP contribution in [-0.4, -0.2) is 40.3 Å². The SMILES string of the molecule is CCS(=O)(=O)N(C)c1ccc(C(=O)NCCOc2ccccc2Cl)cc1. The van der Waals surface area contributed by atoms with Crippen molar-refractivity contribution in [2.45, 2.75) is 6.92 Å². The van der Waals surface area contributed by atoms with Gasteiger partial charge in [-0.05, 0) is 43.3 Å². The quantitative estimate of drug-likeness (QED) is 0.696. The Morgan fingerprint density at radius 1 is 1.15 bits per heavy atom. The van der Waals surface area contributed by atoms with Gasteiger partial charge in [0, 0.05) is 12.6 Å². The molecule has 0 radical (unpaired) electrons. The monoisotopic (exact) mass is 396 g/mol. The van der Waals surface area contributed by atoms with E-state index in [1.54, 1.807) is 43.3 Å². The van der Waals surface area contributed by atoms with E-state index in [0.717, 1.165) is 0 Å². The van der Waals surface area contributed by atoms with Gasteiger partial charge in [-0.15, -0.1) is 0 Å². The van der Waals surface area contributed by atoms with Gasteiger partial charge in [0.2, 0.25) is 10.0 Å². The molecule has 0 aliphatic rings. The minimum atomic E-state index is -3.33. The second-order valence-electron chi connectivity index (χ2n) is 5.45. The van der Waals surface area contributed by atoms with Crippen LogP contribution in [0, 0.1) is 0 Å². The maximum Gasteiger partial charge on any atom is 0.251 e. The first kappa shape index (κ1) is 20.1. The zero-order valence-electron chi connectivity index (χ0n) is 14.6. The topological polar surface area (TPSA) is 75.7 Å². The van der Waals surface area contributed by atoms with Crippen LogP contribution in [0.5, 0.6) is 5.75 Å². The van der Waals surface area contributed by atoms with Crippen molar-refractivity contribution in [3.05, 3.63) is 59.1 Å². The summed E-state index contributed by atoms with van der Waals surface area (Å²) in [5.41, 5.74) is 0.944. The van der Waals surface area contributed by atoms with Crippen LogP contribution < -0.4 is 14.4 Å². The number of halogens is 1. The molecule has 0 atom stereocenters. The Kier molecular flexibility index (Phi) is 6.88. The van der Waals surface area contributed by atoms with Gasteiger partial charge in [-0.3, -0.25) is 9.10 Å². The van der Waals surface area contributed by atoms with E-state index >= 15 is 0 Å². The molecular formula is C18H21ClN2O4S. The molecular weight excluding hydrogens is 376 g/mol.